The second kappa shape index (κ2) is 8.21. The van der Waals surface area contributed by atoms with Gasteiger partial charge in [-0.25, -0.2) is 9.97 Å². The summed E-state index contributed by atoms with van der Waals surface area (Å²) in [6.45, 7) is 8.48. The second-order valence-corrected chi connectivity index (χ2v) is 8.19. The molecule has 7 nitrogen and oxygen atoms in total. The molecule has 0 aromatic carbocycles. The van der Waals surface area contributed by atoms with Crippen LogP contribution in [0.25, 0.3) is 10.2 Å². The van der Waals surface area contributed by atoms with Crippen LogP contribution in [0.5, 0.6) is 0 Å². The number of piperidine rings is 1. The molecule has 0 unspecified atom stereocenters. The van der Waals surface area contributed by atoms with E-state index < -0.39 is 5.97 Å². The van der Waals surface area contributed by atoms with Gasteiger partial charge in [0.1, 0.15) is 17.0 Å². The lowest BCUT2D eigenvalue weighted by Gasteiger charge is -2.34. The van der Waals surface area contributed by atoms with Crippen LogP contribution in [0.1, 0.15) is 36.6 Å². The SMILES string of the molecule is CCN(CCC(=O)O)C(=O)C1CCN(c2ncnc3sc(C)c(C)c23)CC1. The molecule has 8 heteroatoms. The van der Waals surface area contributed by atoms with Crippen molar-refractivity contribution >= 4 is 39.2 Å². The Bertz CT molecular complexity index is 843. The van der Waals surface area contributed by atoms with E-state index in [4.69, 9.17) is 5.11 Å². The normalized spacial score (nSPS) is 15.3. The first-order valence-corrected chi connectivity index (χ1v) is 10.2. The van der Waals surface area contributed by atoms with Crippen molar-refractivity contribution in [2.45, 2.75) is 40.0 Å². The van der Waals surface area contributed by atoms with E-state index in [9.17, 15) is 9.59 Å². The molecule has 1 saturated heterocycles. The van der Waals surface area contributed by atoms with E-state index in [0.29, 0.717) is 6.54 Å². The van der Waals surface area contributed by atoms with E-state index in [2.05, 4.69) is 28.7 Å². The Labute approximate surface area is 163 Å². The molecule has 3 heterocycles. The van der Waals surface area contributed by atoms with E-state index in [1.54, 1.807) is 22.6 Å². The average molecular weight is 391 g/mol. The number of nitrogens with zero attached hydrogens (tertiary/aromatic N) is 4. The summed E-state index contributed by atoms with van der Waals surface area (Å²) in [6, 6.07) is 0. The van der Waals surface area contributed by atoms with Crippen LogP contribution in [-0.4, -0.2) is 58.0 Å². The van der Waals surface area contributed by atoms with Crippen molar-refractivity contribution in [3.63, 3.8) is 0 Å². The highest BCUT2D eigenvalue weighted by molar-refractivity contribution is 7.18. The molecule has 146 valence electrons. The van der Waals surface area contributed by atoms with Gasteiger partial charge in [-0.3, -0.25) is 9.59 Å². The summed E-state index contributed by atoms with van der Waals surface area (Å²) in [5.74, 6) is 0.127. The Kier molecular flexibility index (Phi) is 5.94. The molecule has 0 bridgehead atoms. The van der Waals surface area contributed by atoms with E-state index in [1.807, 2.05) is 6.92 Å². The van der Waals surface area contributed by atoms with Crippen molar-refractivity contribution in [2.24, 2.45) is 5.92 Å². The van der Waals surface area contributed by atoms with E-state index in [-0.39, 0.29) is 24.8 Å². The third-order valence-electron chi connectivity index (χ3n) is 5.38. The predicted octanol–water partition coefficient (Wildman–Crippen LogP) is 2.85. The van der Waals surface area contributed by atoms with Crippen molar-refractivity contribution < 1.29 is 14.7 Å². The van der Waals surface area contributed by atoms with Crippen LogP contribution in [0.4, 0.5) is 5.82 Å². The molecule has 0 radical (unpaired) electrons. The lowest BCUT2D eigenvalue weighted by atomic mass is 9.95. The predicted molar refractivity (Wildman–Crippen MR) is 106 cm³/mol. The minimum atomic E-state index is -0.870. The average Bonchev–Trinajstić information content (AvgIpc) is 2.96. The number of amides is 1. The Morgan fingerprint density at radius 1 is 1.30 bits per heavy atom. The Morgan fingerprint density at radius 3 is 2.63 bits per heavy atom. The summed E-state index contributed by atoms with van der Waals surface area (Å²) in [4.78, 5) is 38.7. The van der Waals surface area contributed by atoms with Gasteiger partial charge in [-0.05, 0) is 39.2 Å². The molecule has 0 aliphatic carbocycles. The number of carboxylic acids is 1. The Morgan fingerprint density at radius 2 is 2.00 bits per heavy atom. The fourth-order valence-electron chi connectivity index (χ4n) is 3.65. The molecule has 0 atom stereocenters. The van der Waals surface area contributed by atoms with Crippen molar-refractivity contribution in [2.75, 3.05) is 31.1 Å². The van der Waals surface area contributed by atoms with Gasteiger partial charge in [-0.2, -0.15) is 0 Å². The molecule has 27 heavy (non-hydrogen) atoms. The highest BCUT2D eigenvalue weighted by atomic mass is 32.1. The molecular formula is C19H26N4O3S. The summed E-state index contributed by atoms with van der Waals surface area (Å²) in [7, 11) is 0. The number of aliphatic carboxylic acids is 1. The number of aromatic nitrogens is 2. The van der Waals surface area contributed by atoms with Crippen LogP contribution in [-0.2, 0) is 9.59 Å². The summed E-state index contributed by atoms with van der Waals surface area (Å²) in [5, 5.41) is 9.99. The number of thiophene rings is 1. The van der Waals surface area contributed by atoms with Gasteiger partial charge in [-0.1, -0.05) is 0 Å². The van der Waals surface area contributed by atoms with Crippen molar-refractivity contribution in [1.82, 2.24) is 14.9 Å². The van der Waals surface area contributed by atoms with E-state index in [0.717, 1.165) is 42.0 Å². The third kappa shape index (κ3) is 4.05. The van der Waals surface area contributed by atoms with Crippen LogP contribution in [0.2, 0.25) is 0 Å². The van der Waals surface area contributed by atoms with Crippen LogP contribution < -0.4 is 4.90 Å². The van der Waals surface area contributed by atoms with Crippen LogP contribution in [0, 0.1) is 19.8 Å². The van der Waals surface area contributed by atoms with Crippen molar-refractivity contribution in [3.8, 4) is 0 Å². The number of hydrogen-bond donors (Lipinski definition) is 1. The summed E-state index contributed by atoms with van der Waals surface area (Å²) in [6.07, 6.45) is 3.13. The second-order valence-electron chi connectivity index (χ2n) is 6.98. The lowest BCUT2D eigenvalue weighted by Crippen LogP contribution is -2.43. The standard InChI is InChI=1S/C19H26N4O3S/c1-4-22(10-7-15(24)25)19(26)14-5-8-23(9-6-14)17-16-12(2)13(3)27-18(16)21-11-20-17/h11,14H,4-10H2,1-3H3,(H,24,25). The Hall–Kier alpha value is -2.22. The van der Waals surface area contributed by atoms with Crippen molar-refractivity contribution in [3.05, 3.63) is 16.8 Å². The molecule has 2 aromatic heterocycles. The zero-order chi connectivity index (χ0) is 19.6. The number of anilines is 1. The van der Waals surface area contributed by atoms with Crippen LogP contribution in [0.3, 0.4) is 0 Å². The van der Waals surface area contributed by atoms with Gasteiger partial charge >= 0.3 is 5.97 Å². The first-order valence-electron chi connectivity index (χ1n) is 9.38. The lowest BCUT2D eigenvalue weighted by molar-refractivity contribution is -0.140. The maximum absolute atomic E-state index is 12.7. The van der Waals surface area contributed by atoms with E-state index >= 15 is 0 Å². The Balaban J connectivity index is 1.69. The molecular weight excluding hydrogens is 364 g/mol. The number of carbonyl (C=O) groups excluding carboxylic acids is 1. The van der Waals surface area contributed by atoms with Crippen molar-refractivity contribution in [1.29, 1.82) is 0 Å². The fourth-order valence-corrected chi connectivity index (χ4v) is 4.65. The minimum Gasteiger partial charge on any atom is -0.481 e. The molecule has 1 aliphatic rings. The number of carbonyl (C=O) groups is 2. The summed E-state index contributed by atoms with van der Waals surface area (Å²) in [5.41, 5.74) is 1.23. The minimum absolute atomic E-state index is 0.00583. The third-order valence-corrected chi connectivity index (χ3v) is 6.49. The summed E-state index contributed by atoms with van der Waals surface area (Å²) < 4.78 is 0. The van der Waals surface area contributed by atoms with Gasteiger partial charge in [0.15, 0.2) is 0 Å². The molecule has 3 rings (SSSR count). The van der Waals surface area contributed by atoms with E-state index in [1.165, 1.54) is 10.4 Å². The van der Waals surface area contributed by atoms with Gasteiger partial charge in [-0.15, -0.1) is 11.3 Å². The maximum Gasteiger partial charge on any atom is 0.305 e. The van der Waals surface area contributed by atoms with Gasteiger partial charge in [0.25, 0.3) is 0 Å². The molecule has 2 aromatic rings. The molecule has 0 spiro atoms. The number of rotatable bonds is 6. The van der Waals surface area contributed by atoms with Gasteiger partial charge in [0.2, 0.25) is 5.91 Å². The highest BCUT2D eigenvalue weighted by Gasteiger charge is 2.29. The first-order chi connectivity index (χ1) is 12.9. The van der Waals surface area contributed by atoms with Crippen LogP contribution in [0.15, 0.2) is 6.33 Å². The molecule has 0 saturated carbocycles. The van der Waals surface area contributed by atoms with Gasteiger partial charge < -0.3 is 14.9 Å². The molecule has 1 N–H and O–H groups in total. The molecule has 1 fully saturated rings. The quantitative estimate of drug-likeness (QED) is 0.816. The van der Waals surface area contributed by atoms with Crippen LogP contribution >= 0.6 is 11.3 Å². The largest absolute Gasteiger partial charge is 0.481 e. The first kappa shape index (κ1) is 19.5. The van der Waals surface area contributed by atoms with Gasteiger partial charge in [0.05, 0.1) is 11.8 Å². The summed E-state index contributed by atoms with van der Waals surface area (Å²) >= 11 is 1.69. The highest BCUT2D eigenvalue weighted by Crippen LogP contribution is 2.35. The monoisotopic (exact) mass is 390 g/mol. The zero-order valence-corrected chi connectivity index (χ0v) is 16.9. The zero-order valence-electron chi connectivity index (χ0n) is 16.1. The number of carboxylic acid groups (broad SMARTS) is 1. The molecule has 1 amide bonds. The number of fused-ring (bicyclic) bond motifs is 1. The number of hydrogen-bond acceptors (Lipinski definition) is 6. The van der Waals surface area contributed by atoms with Gasteiger partial charge in [0, 0.05) is 37.0 Å². The fraction of sp³-hybridized carbons (Fsp3) is 0.579. The maximum atomic E-state index is 12.7. The number of aryl methyl sites for hydroxylation is 2. The molecule has 1 aliphatic heterocycles. The topological polar surface area (TPSA) is 86.6 Å². The smallest absolute Gasteiger partial charge is 0.305 e.